The molecular formula is C28H38N6O6. The summed E-state index contributed by atoms with van der Waals surface area (Å²) < 4.78 is 3.05. The Balaban J connectivity index is 1.23. The summed E-state index contributed by atoms with van der Waals surface area (Å²) in [5.74, 6) is -1.02. The molecule has 4 N–H and O–H groups in total. The molecule has 1 aromatic heterocycles. The normalized spacial score (nSPS) is 18.1. The Labute approximate surface area is 232 Å². The number of carbonyl (C=O) groups is 5. The topological polar surface area (TPSA) is 166 Å². The van der Waals surface area contributed by atoms with Crippen LogP contribution >= 0.6 is 0 Å². The van der Waals surface area contributed by atoms with Crippen LogP contribution in [0.15, 0.2) is 23.0 Å². The summed E-state index contributed by atoms with van der Waals surface area (Å²) in [4.78, 5) is 73.7. The van der Waals surface area contributed by atoms with Gasteiger partial charge in [-0.15, -0.1) is 0 Å². The standard InChI is InChI=1S/C28H38N6O6/c1-32-22-16-19(8-9-20(22)34(28(32)40)21-10-11-25(37)31-27(21)39)5-2-4-18-12-14-33(15-13-18)26(38)17-30-24(36)7-3-6-23(29)35/h8-9,16,18,21H,2-7,10-15,17H2,1H3,(H2,29,35)(H,30,36)(H,31,37,39). The van der Waals surface area contributed by atoms with Crippen molar-refractivity contribution >= 4 is 40.6 Å². The van der Waals surface area contributed by atoms with Crippen LogP contribution in [0.4, 0.5) is 0 Å². The Morgan fingerprint density at radius 3 is 2.48 bits per heavy atom. The lowest BCUT2D eigenvalue weighted by atomic mass is 9.90. The number of piperidine rings is 2. The summed E-state index contributed by atoms with van der Waals surface area (Å²) in [6.45, 7) is 1.31. The summed E-state index contributed by atoms with van der Waals surface area (Å²) in [6.07, 6.45) is 5.93. The molecule has 12 heteroatoms. The Hall–Kier alpha value is -3.96. The van der Waals surface area contributed by atoms with E-state index in [0.29, 0.717) is 37.4 Å². The Bertz CT molecular complexity index is 1350. The summed E-state index contributed by atoms with van der Waals surface area (Å²) >= 11 is 0. The van der Waals surface area contributed by atoms with Crippen molar-refractivity contribution < 1.29 is 24.0 Å². The quantitative estimate of drug-likeness (QED) is 0.345. The highest BCUT2D eigenvalue weighted by Gasteiger charge is 2.31. The van der Waals surface area contributed by atoms with Gasteiger partial charge in [0.25, 0.3) is 0 Å². The number of nitrogens with zero attached hydrogens (tertiary/aromatic N) is 3. The minimum absolute atomic E-state index is 0.0314. The number of nitrogens with two attached hydrogens (primary N) is 1. The number of nitrogens with one attached hydrogen (secondary N) is 2. The average Bonchev–Trinajstić information content (AvgIpc) is 3.16. The smallest absolute Gasteiger partial charge is 0.329 e. The molecule has 4 rings (SSSR count). The number of benzene rings is 1. The maximum atomic E-state index is 13.0. The molecule has 1 aromatic carbocycles. The first-order valence-electron chi connectivity index (χ1n) is 14.0. The number of carbonyl (C=O) groups excluding carboxylic acids is 5. The van der Waals surface area contributed by atoms with Crippen LogP contribution in [-0.4, -0.2) is 63.2 Å². The highest BCUT2D eigenvalue weighted by atomic mass is 16.2. The van der Waals surface area contributed by atoms with Crippen molar-refractivity contribution in [2.24, 2.45) is 18.7 Å². The molecule has 216 valence electrons. The lowest BCUT2D eigenvalue weighted by Gasteiger charge is -2.32. The summed E-state index contributed by atoms with van der Waals surface area (Å²) in [5, 5.41) is 4.95. The molecule has 12 nitrogen and oxygen atoms in total. The van der Waals surface area contributed by atoms with Gasteiger partial charge in [-0.05, 0) is 68.6 Å². The molecule has 0 spiro atoms. The van der Waals surface area contributed by atoms with E-state index in [4.69, 9.17) is 5.73 Å². The van der Waals surface area contributed by atoms with Crippen LogP contribution in [0, 0.1) is 5.92 Å². The third-order valence-electron chi connectivity index (χ3n) is 7.98. The van der Waals surface area contributed by atoms with Crippen molar-refractivity contribution in [3.63, 3.8) is 0 Å². The number of aromatic nitrogens is 2. The maximum absolute atomic E-state index is 13.0. The first-order valence-corrected chi connectivity index (χ1v) is 14.0. The van der Waals surface area contributed by atoms with Gasteiger partial charge in [0.15, 0.2) is 0 Å². The molecule has 2 aliphatic rings. The first kappa shape index (κ1) is 29.0. The van der Waals surface area contributed by atoms with E-state index in [0.717, 1.165) is 43.2 Å². The van der Waals surface area contributed by atoms with Crippen molar-refractivity contribution in [1.82, 2.24) is 24.7 Å². The Morgan fingerprint density at radius 1 is 1.02 bits per heavy atom. The van der Waals surface area contributed by atoms with Crippen LogP contribution < -0.4 is 22.1 Å². The molecule has 0 bridgehead atoms. The number of amides is 5. The highest BCUT2D eigenvalue weighted by Crippen LogP contribution is 2.26. The molecule has 2 fully saturated rings. The third kappa shape index (κ3) is 6.97. The molecule has 3 heterocycles. The van der Waals surface area contributed by atoms with Crippen LogP contribution in [0.25, 0.3) is 11.0 Å². The minimum Gasteiger partial charge on any atom is -0.370 e. The highest BCUT2D eigenvalue weighted by molar-refractivity contribution is 6.00. The Kier molecular flexibility index (Phi) is 9.38. The van der Waals surface area contributed by atoms with Crippen molar-refractivity contribution in [3.8, 4) is 0 Å². The second-order valence-corrected chi connectivity index (χ2v) is 10.8. The molecule has 2 aliphatic heterocycles. The number of rotatable bonds is 11. The van der Waals surface area contributed by atoms with Gasteiger partial charge in [-0.1, -0.05) is 6.07 Å². The van der Waals surface area contributed by atoms with Gasteiger partial charge in [-0.3, -0.25) is 38.4 Å². The minimum atomic E-state index is -0.693. The molecule has 2 saturated heterocycles. The lowest BCUT2D eigenvalue weighted by Crippen LogP contribution is -2.44. The van der Waals surface area contributed by atoms with Crippen LogP contribution in [0.1, 0.15) is 69.4 Å². The molecule has 0 radical (unpaired) electrons. The average molecular weight is 555 g/mol. The fraction of sp³-hybridized carbons (Fsp3) is 0.571. The number of hydrogen-bond acceptors (Lipinski definition) is 6. The predicted molar refractivity (Wildman–Crippen MR) is 147 cm³/mol. The van der Waals surface area contributed by atoms with Gasteiger partial charge in [0, 0.05) is 39.4 Å². The second-order valence-electron chi connectivity index (χ2n) is 10.8. The predicted octanol–water partition coefficient (Wildman–Crippen LogP) is 0.651. The number of imide groups is 1. The summed E-state index contributed by atoms with van der Waals surface area (Å²) in [6, 6.07) is 5.19. The van der Waals surface area contributed by atoms with E-state index in [1.54, 1.807) is 16.5 Å². The second kappa shape index (κ2) is 12.9. The zero-order valence-electron chi connectivity index (χ0n) is 22.9. The van der Waals surface area contributed by atoms with Gasteiger partial charge >= 0.3 is 5.69 Å². The molecule has 0 saturated carbocycles. The van der Waals surface area contributed by atoms with E-state index in [2.05, 4.69) is 10.6 Å². The van der Waals surface area contributed by atoms with Crippen molar-refractivity contribution in [3.05, 3.63) is 34.2 Å². The SMILES string of the molecule is Cn1c(=O)n(C2CCC(=O)NC2=O)c2ccc(CCCC3CCN(C(=O)CNC(=O)CCCC(N)=O)CC3)cc21. The van der Waals surface area contributed by atoms with Crippen LogP contribution in [0.2, 0.25) is 0 Å². The van der Waals surface area contributed by atoms with E-state index >= 15 is 0 Å². The van der Waals surface area contributed by atoms with Crippen molar-refractivity contribution in [1.29, 1.82) is 0 Å². The molecule has 40 heavy (non-hydrogen) atoms. The largest absolute Gasteiger partial charge is 0.370 e. The van der Waals surface area contributed by atoms with Crippen LogP contribution in [-0.2, 0) is 37.4 Å². The number of hydrogen-bond donors (Lipinski definition) is 3. The molecule has 1 atom stereocenters. The monoisotopic (exact) mass is 554 g/mol. The van der Waals surface area contributed by atoms with E-state index in [1.807, 2.05) is 18.2 Å². The first-order chi connectivity index (χ1) is 19.1. The Morgan fingerprint density at radius 2 is 1.77 bits per heavy atom. The fourth-order valence-electron chi connectivity index (χ4n) is 5.66. The molecule has 0 aliphatic carbocycles. The molecule has 2 aromatic rings. The molecular weight excluding hydrogens is 516 g/mol. The zero-order valence-corrected chi connectivity index (χ0v) is 22.9. The van der Waals surface area contributed by atoms with Gasteiger partial charge < -0.3 is 16.0 Å². The maximum Gasteiger partial charge on any atom is 0.329 e. The van der Waals surface area contributed by atoms with Gasteiger partial charge in [0.2, 0.25) is 29.5 Å². The molecule has 5 amide bonds. The molecule has 1 unspecified atom stereocenters. The number of imidazole rings is 1. The van der Waals surface area contributed by atoms with Crippen molar-refractivity contribution in [2.45, 2.75) is 70.3 Å². The lowest BCUT2D eigenvalue weighted by molar-refractivity contribution is -0.136. The van der Waals surface area contributed by atoms with Gasteiger partial charge in [-0.25, -0.2) is 4.79 Å². The van der Waals surface area contributed by atoms with Crippen molar-refractivity contribution in [2.75, 3.05) is 19.6 Å². The van der Waals surface area contributed by atoms with E-state index in [9.17, 15) is 28.8 Å². The van der Waals surface area contributed by atoms with Gasteiger partial charge in [-0.2, -0.15) is 0 Å². The van der Waals surface area contributed by atoms with Crippen LogP contribution in [0.3, 0.4) is 0 Å². The fourth-order valence-corrected chi connectivity index (χ4v) is 5.66. The number of primary amides is 1. The van der Waals surface area contributed by atoms with E-state index in [-0.39, 0.29) is 49.2 Å². The van der Waals surface area contributed by atoms with Gasteiger partial charge in [0.1, 0.15) is 6.04 Å². The zero-order chi connectivity index (χ0) is 28.8. The summed E-state index contributed by atoms with van der Waals surface area (Å²) in [5.41, 5.74) is 7.36. The van der Waals surface area contributed by atoms with E-state index in [1.165, 1.54) is 4.57 Å². The van der Waals surface area contributed by atoms with E-state index < -0.39 is 17.9 Å². The third-order valence-corrected chi connectivity index (χ3v) is 7.98. The summed E-state index contributed by atoms with van der Waals surface area (Å²) in [7, 11) is 1.70. The number of fused-ring (bicyclic) bond motifs is 1. The van der Waals surface area contributed by atoms with Gasteiger partial charge in [0.05, 0.1) is 17.6 Å². The number of likely N-dealkylation sites (tertiary alicyclic amines) is 1. The number of aryl methyl sites for hydroxylation is 2. The van der Waals surface area contributed by atoms with Crippen LogP contribution in [0.5, 0.6) is 0 Å².